The van der Waals surface area contributed by atoms with Gasteiger partial charge in [-0.1, -0.05) is 32.1 Å². The molecule has 5 rings (SSSR count). The predicted octanol–water partition coefficient (Wildman–Crippen LogP) is 4.20. The number of amides is 2. The van der Waals surface area contributed by atoms with Gasteiger partial charge in [0.15, 0.2) is 0 Å². The molecule has 8 heteroatoms. The minimum absolute atomic E-state index is 0.140. The van der Waals surface area contributed by atoms with Crippen LogP contribution in [0.2, 0.25) is 0 Å². The molecule has 2 heterocycles. The molecule has 1 unspecified atom stereocenters. The molecule has 0 bridgehead atoms. The monoisotopic (exact) mass is 536 g/mol. The zero-order chi connectivity index (χ0) is 27.0. The minimum Gasteiger partial charge on any atom is -0.490 e. The summed E-state index contributed by atoms with van der Waals surface area (Å²) in [6.07, 6.45) is 9.42. The van der Waals surface area contributed by atoms with Gasteiger partial charge in [0.1, 0.15) is 23.7 Å². The molecule has 210 valence electrons. The topological polar surface area (TPSA) is 82.7 Å². The van der Waals surface area contributed by atoms with E-state index in [1.807, 2.05) is 18.2 Å². The van der Waals surface area contributed by atoms with Crippen molar-refractivity contribution in [1.82, 2.24) is 16.0 Å². The van der Waals surface area contributed by atoms with Gasteiger partial charge < -0.3 is 25.6 Å². The average molecular weight is 537 g/mol. The van der Waals surface area contributed by atoms with Gasteiger partial charge in [0.05, 0.1) is 0 Å². The Hall–Kier alpha value is -3.13. The number of carbonyl (C=O) groups is 2. The largest absolute Gasteiger partial charge is 0.490 e. The molecule has 0 aromatic heterocycles. The van der Waals surface area contributed by atoms with E-state index in [1.54, 1.807) is 18.2 Å². The van der Waals surface area contributed by atoms with E-state index in [4.69, 9.17) is 4.74 Å². The second kappa shape index (κ2) is 13.3. The number of piperidine rings is 1. The van der Waals surface area contributed by atoms with E-state index in [-0.39, 0.29) is 23.7 Å². The molecular formula is C31H41FN4O3. The molecule has 2 aromatic rings. The molecule has 1 saturated carbocycles. The number of ether oxygens (including phenoxy) is 1. The maximum absolute atomic E-state index is 13.6. The highest BCUT2D eigenvalue weighted by molar-refractivity contribution is 5.97. The lowest BCUT2D eigenvalue weighted by molar-refractivity contribution is -0.123. The van der Waals surface area contributed by atoms with Crippen LogP contribution in [0.15, 0.2) is 42.5 Å². The molecule has 7 nitrogen and oxygen atoms in total. The van der Waals surface area contributed by atoms with Gasteiger partial charge in [-0.05, 0) is 92.7 Å². The standard InChI is InChI=1S/C31H41FN4O3/c32-25-8-11-29-24(21-25)14-18-36(29)19-17-34-31(38)28(20-22-4-2-1-3-5-22)35-30(37)23-6-9-26(10-7-23)39-27-12-15-33-16-13-27/h6-11,21-22,27-28,33H,1-5,12-20H2,(H,34,38)(H,35,37). The molecule has 0 radical (unpaired) electrons. The molecule has 3 N–H and O–H groups in total. The van der Waals surface area contributed by atoms with Gasteiger partial charge >= 0.3 is 0 Å². The van der Waals surface area contributed by atoms with Crippen LogP contribution in [0.1, 0.15) is 67.3 Å². The first-order chi connectivity index (χ1) is 19.0. The van der Waals surface area contributed by atoms with Crippen LogP contribution in [-0.4, -0.2) is 56.7 Å². The average Bonchev–Trinajstić information content (AvgIpc) is 3.36. The third-order valence-corrected chi connectivity index (χ3v) is 8.34. The van der Waals surface area contributed by atoms with Gasteiger partial charge in [0.2, 0.25) is 5.91 Å². The van der Waals surface area contributed by atoms with Crippen molar-refractivity contribution in [2.75, 3.05) is 37.6 Å². The minimum atomic E-state index is -0.578. The molecule has 1 atom stereocenters. The van der Waals surface area contributed by atoms with Crippen molar-refractivity contribution >= 4 is 17.5 Å². The Balaban J connectivity index is 1.16. The van der Waals surface area contributed by atoms with Crippen LogP contribution < -0.4 is 25.6 Å². The Morgan fingerprint density at radius 2 is 1.79 bits per heavy atom. The Bertz CT molecular complexity index is 1110. The number of rotatable bonds is 10. The van der Waals surface area contributed by atoms with Crippen LogP contribution >= 0.6 is 0 Å². The fourth-order valence-corrected chi connectivity index (χ4v) is 6.13. The summed E-state index contributed by atoms with van der Waals surface area (Å²) in [5.41, 5.74) is 2.57. The molecule has 39 heavy (non-hydrogen) atoms. The Kier molecular flexibility index (Phi) is 9.35. The number of hydrogen-bond donors (Lipinski definition) is 3. The summed E-state index contributed by atoms with van der Waals surface area (Å²) in [6, 6.07) is 11.5. The van der Waals surface area contributed by atoms with Crippen molar-refractivity contribution in [3.05, 3.63) is 59.4 Å². The third kappa shape index (κ3) is 7.50. The van der Waals surface area contributed by atoms with Crippen LogP contribution in [-0.2, 0) is 11.2 Å². The van der Waals surface area contributed by atoms with E-state index in [9.17, 15) is 14.0 Å². The predicted molar refractivity (Wildman–Crippen MR) is 151 cm³/mol. The van der Waals surface area contributed by atoms with Gasteiger partial charge in [-0.15, -0.1) is 0 Å². The zero-order valence-electron chi connectivity index (χ0n) is 22.7. The summed E-state index contributed by atoms with van der Waals surface area (Å²) in [5, 5.41) is 9.42. The highest BCUT2D eigenvalue weighted by Crippen LogP contribution is 2.29. The summed E-state index contributed by atoms with van der Waals surface area (Å²) in [4.78, 5) is 28.7. The number of benzene rings is 2. The number of hydrogen-bond acceptors (Lipinski definition) is 5. The lowest BCUT2D eigenvalue weighted by Crippen LogP contribution is -2.49. The molecule has 3 aliphatic rings. The van der Waals surface area contributed by atoms with Crippen molar-refractivity contribution in [3.63, 3.8) is 0 Å². The summed E-state index contributed by atoms with van der Waals surface area (Å²) in [6.45, 7) is 3.85. The van der Waals surface area contributed by atoms with Crippen molar-refractivity contribution in [1.29, 1.82) is 0 Å². The van der Waals surface area contributed by atoms with Gasteiger partial charge in [-0.2, -0.15) is 0 Å². The van der Waals surface area contributed by atoms with Crippen LogP contribution in [0.3, 0.4) is 0 Å². The van der Waals surface area contributed by atoms with Gasteiger partial charge in [0, 0.05) is 30.9 Å². The molecule has 1 saturated heterocycles. The molecule has 0 spiro atoms. The number of nitrogens with zero attached hydrogens (tertiary/aromatic N) is 1. The summed E-state index contributed by atoms with van der Waals surface area (Å²) in [7, 11) is 0. The fourth-order valence-electron chi connectivity index (χ4n) is 6.13. The van der Waals surface area contributed by atoms with Crippen LogP contribution in [0.5, 0.6) is 5.75 Å². The van der Waals surface area contributed by atoms with Crippen molar-refractivity contribution in [2.24, 2.45) is 5.92 Å². The molecular weight excluding hydrogens is 495 g/mol. The summed E-state index contributed by atoms with van der Waals surface area (Å²) in [5.74, 6) is 0.611. The molecule has 1 aliphatic carbocycles. The maximum Gasteiger partial charge on any atom is 0.251 e. The molecule has 2 aromatic carbocycles. The van der Waals surface area contributed by atoms with E-state index in [0.29, 0.717) is 31.0 Å². The van der Waals surface area contributed by atoms with Crippen molar-refractivity contribution < 1.29 is 18.7 Å². The van der Waals surface area contributed by atoms with Crippen LogP contribution in [0.4, 0.5) is 10.1 Å². The van der Waals surface area contributed by atoms with E-state index < -0.39 is 6.04 Å². The van der Waals surface area contributed by atoms with E-state index in [0.717, 1.165) is 68.7 Å². The zero-order valence-corrected chi connectivity index (χ0v) is 22.7. The Morgan fingerprint density at radius 3 is 2.56 bits per heavy atom. The lowest BCUT2D eigenvalue weighted by Gasteiger charge is -2.27. The Labute approximate surface area is 230 Å². The summed E-state index contributed by atoms with van der Waals surface area (Å²) < 4.78 is 19.6. The fraction of sp³-hybridized carbons (Fsp3) is 0.548. The Morgan fingerprint density at radius 1 is 1.03 bits per heavy atom. The third-order valence-electron chi connectivity index (χ3n) is 8.34. The number of nitrogens with one attached hydrogen (secondary N) is 3. The first kappa shape index (κ1) is 27.4. The van der Waals surface area contributed by atoms with Gasteiger partial charge in [-0.25, -0.2) is 4.39 Å². The molecule has 2 fully saturated rings. The van der Waals surface area contributed by atoms with Crippen LogP contribution in [0.25, 0.3) is 0 Å². The second-order valence-corrected chi connectivity index (χ2v) is 11.2. The first-order valence-electron chi connectivity index (χ1n) is 14.6. The van der Waals surface area contributed by atoms with Gasteiger partial charge in [-0.3, -0.25) is 9.59 Å². The number of carbonyl (C=O) groups excluding carboxylic acids is 2. The van der Waals surface area contributed by atoms with E-state index >= 15 is 0 Å². The highest BCUT2D eigenvalue weighted by Gasteiger charge is 2.27. The first-order valence-corrected chi connectivity index (χ1v) is 14.6. The van der Waals surface area contributed by atoms with Crippen LogP contribution in [0, 0.1) is 11.7 Å². The van der Waals surface area contributed by atoms with Crippen molar-refractivity contribution in [2.45, 2.75) is 69.9 Å². The highest BCUT2D eigenvalue weighted by atomic mass is 19.1. The smallest absolute Gasteiger partial charge is 0.251 e. The van der Waals surface area contributed by atoms with Gasteiger partial charge in [0.25, 0.3) is 5.91 Å². The SMILES string of the molecule is O=C(NC(CC1CCCCC1)C(=O)NCCN1CCc2cc(F)ccc21)c1ccc(OC2CCNCC2)cc1. The van der Waals surface area contributed by atoms with Crippen molar-refractivity contribution in [3.8, 4) is 5.75 Å². The maximum atomic E-state index is 13.6. The quantitative estimate of drug-likeness (QED) is 0.424. The molecule has 2 aliphatic heterocycles. The second-order valence-electron chi connectivity index (χ2n) is 11.2. The number of fused-ring (bicyclic) bond motifs is 1. The van der Waals surface area contributed by atoms with E-state index in [1.165, 1.54) is 25.3 Å². The number of anilines is 1. The normalized spacial score (nSPS) is 18.8. The summed E-state index contributed by atoms with van der Waals surface area (Å²) >= 11 is 0. The molecule has 2 amide bonds. The van der Waals surface area contributed by atoms with E-state index in [2.05, 4.69) is 20.9 Å². The lowest BCUT2D eigenvalue weighted by atomic mass is 9.84. The number of halogens is 1.